The topological polar surface area (TPSA) is 84.2 Å². The van der Waals surface area contributed by atoms with Crippen LogP contribution in [0.3, 0.4) is 0 Å². The number of anilines is 1. The Hall–Kier alpha value is -3.07. The summed E-state index contributed by atoms with van der Waals surface area (Å²) < 4.78 is 27.0. The van der Waals surface area contributed by atoms with Gasteiger partial charge in [0.15, 0.2) is 17.3 Å². The van der Waals surface area contributed by atoms with Crippen LogP contribution in [0.4, 0.5) is 14.9 Å². The second-order valence-electron chi connectivity index (χ2n) is 6.66. The van der Waals surface area contributed by atoms with E-state index in [1.54, 1.807) is 17.7 Å². The van der Waals surface area contributed by atoms with E-state index in [4.69, 9.17) is 9.84 Å². The number of likely N-dealkylation sites (N-methyl/N-ethyl adjacent to an activating group) is 1. The molecule has 0 saturated carbocycles. The molecule has 1 aromatic carbocycles. The maximum Gasteiger partial charge on any atom is 0.511 e. The molecule has 2 aliphatic rings. The highest BCUT2D eigenvalue weighted by molar-refractivity contribution is 5.94. The van der Waals surface area contributed by atoms with Crippen molar-refractivity contribution in [1.29, 1.82) is 0 Å². The van der Waals surface area contributed by atoms with Crippen LogP contribution in [0.5, 0.6) is 11.5 Å². The molecule has 1 N–H and O–H groups in total. The molecule has 1 aromatic heterocycles. The van der Waals surface area contributed by atoms with E-state index < -0.39 is 23.2 Å². The van der Waals surface area contributed by atoms with Gasteiger partial charge >= 0.3 is 6.16 Å². The summed E-state index contributed by atoms with van der Waals surface area (Å²) in [4.78, 5) is 27.5. The Morgan fingerprint density at radius 2 is 2.00 bits per heavy atom. The summed E-state index contributed by atoms with van der Waals surface area (Å²) in [5.41, 5.74) is -0.00736. The fourth-order valence-electron chi connectivity index (χ4n) is 3.49. The van der Waals surface area contributed by atoms with E-state index in [1.165, 1.54) is 6.20 Å². The summed E-state index contributed by atoms with van der Waals surface area (Å²) in [6.45, 7) is 4.52. The second-order valence-corrected chi connectivity index (χ2v) is 6.66. The standard InChI is InChI=1S/C18H18FN3O5/c1-10-8-22-9-13(27-18(24)25)16(23)11-7-12(19)15(17(26-10)14(11)22)21-5-3-20(2)4-6-21/h7-9H,3-6H2,1-2H3,(H,24,25). The minimum Gasteiger partial charge on any atom is -0.456 e. The number of piperazine rings is 1. The summed E-state index contributed by atoms with van der Waals surface area (Å²) >= 11 is 0. The number of aromatic nitrogens is 1. The van der Waals surface area contributed by atoms with Gasteiger partial charge in [0.05, 0.1) is 11.6 Å². The maximum absolute atomic E-state index is 15.0. The van der Waals surface area contributed by atoms with Crippen molar-refractivity contribution in [3.8, 4) is 11.5 Å². The van der Waals surface area contributed by atoms with E-state index in [2.05, 4.69) is 9.64 Å². The summed E-state index contributed by atoms with van der Waals surface area (Å²) in [5.74, 6) is -0.241. The molecule has 0 unspecified atom stereocenters. The first-order valence-corrected chi connectivity index (χ1v) is 8.47. The van der Waals surface area contributed by atoms with Gasteiger partial charge in [0.1, 0.15) is 17.0 Å². The highest BCUT2D eigenvalue weighted by Gasteiger charge is 2.28. The van der Waals surface area contributed by atoms with E-state index in [0.717, 1.165) is 19.2 Å². The first-order valence-electron chi connectivity index (χ1n) is 8.47. The van der Waals surface area contributed by atoms with Crippen LogP contribution in [0.2, 0.25) is 0 Å². The second kappa shape index (κ2) is 6.27. The highest BCUT2D eigenvalue weighted by Crippen LogP contribution is 2.42. The maximum atomic E-state index is 15.0. The number of halogens is 1. The van der Waals surface area contributed by atoms with Gasteiger partial charge in [-0.1, -0.05) is 0 Å². The summed E-state index contributed by atoms with van der Waals surface area (Å²) in [5, 5.41) is 8.85. The van der Waals surface area contributed by atoms with Crippen molar-refractivity contribution < 1.29 is 23.8 Å². The lowest BCUT2D eigenvalue weighted by molar-refractivity contribution is 0.144. The molecule has 3 heterocycles. The van der Waals surface area contributed by atoms with Crippen molar-refractivity contribution in [2.24, 2.45) is 0 Å². The Bertz CT molecular complexity index is 1040. The molecular formula is C18H18FN3O5. The number of benzene rings is 1. The lowest BCUT2D eigenvalue weighted by Gasteiger charge is -2.35. The molecule has 0 spiro atoms. The summed E-state index contributed by atoms with van der Waals surface area (Å²) in [6.07, 6.45) is 1.26. The zero-order valence-electron chi connectivity index (χ0n) is 14.9. The zero-order chi connectivity index (χ0) is 19.3. The van der Waals surface area contributed by atoms with Crippen LogP contribution in [-0.2, 0) is 0 Å². The molecule has 27 heavy (non-hydrogen) atoms. The number of nitrogens with zero attached hydrogens (tertiary/aromatic N) is 3. The molecule has 4 rings (SSSR count). The van der Waals surface area contributed by atoms with E-state index in [0.29, 0.717) is 30.1 Å². The minimum atomic E-state index is -1.61. The molecule has 0 amide bonds. The molecule has 8 nitrogen and oxygen atoms in total. The monoisotopic (exact) mass is 375 g/mol. The first kappa shape index (κ1) is 17.3. The van der Waals surface area contributed by atoms with Gasteiger partial charge in [-0.2, -0.15) is 0 Å². The Balaban J connectivity index is 1.96. The van der Waals surface area contributed by atoms with Gasteiger partial charge in [-0.15, -0.1) is 0 Å². The third-order valence-corrected chi connectivity index (χ3v) is 4.77. The number of rotatable bonds is 2. The number of hydrogen-bond acceptors (Lipinski definition) is 6. The number of carboxylic acid groups (broad SMARTS) is 1. The Morgan fingerprint density at radius 1 is 1.30 bits per heavy atom. The predicted molar refractivity (Wildman–Crippen MR) is 97.1 cm³/mol. The van der Waals surface area contributed by atoms with Gasteiger partial charge in [0.2, 0.25) is 5.43 Å². The molecular weight excluding hydrogens is 357 g/mol. The van der Waals surface area contributed by atoms with E-state index in [-0.39, 0.29) is 11.1 Å². The quantitative estimate of drug-likeness (QED) is 0.805. The van der Waals surface area contributed by atoms with E-state index in [1.807, 2.05) is 11.9 Å². The number of hydrogen-bond donors (Lipinski definition) is 1. The number of pyridine rings is 1. The van der Waals surface area contributed by atoms with Crippen LogP contribution in [-0.4, -0.2) is 54.0 Å². The minimum absolute atomic E-state index is 0.00266. The number of carbonyl (C=O) groups is 1. The predicted octanol–water partition coefficient (Wildman–Crippen LogP) is 2.16. The van der Waals surface area contributed by atoms with Crippen LogP contribution in [0.15, 0.2) is 22.8 Å². The summed E-state index contributed by atoms with van der Waals surface area (Å²) in [6, 6.07) is 1.12. The Kier molecular flexibility index (Phi) is 4.03. The first-order chi connectivity index (χ1) is 12.8. The smallest absolute Gasteiger partial charge is 0.456 e. The molecule has 142 valence electrons. The SMILES string of the molecule is CC1=Cn2cc(OC(=O)O)c(=O)c3cc(F)c(N4CCN(C)CC4)c(c32)O1. The molecule has 0 radical (unpaired) electrons. The molecule has 1 saturated heterocycles. The van der Waals surface area contributed by atoms with E-state index in [9.17, 15) is 9.59 Å². The molecule has 2 aromatic rings. The van der Waals surface area contributed by atoms with Crippen molar-refractivity contribution in [2.45, 2.75) is 6.92 Å². The Labute approximate surface area is 153 Å². The molecule has 0 atom stereocenters. The zero-order valence-corrected chi connectivity index (χ0v) is 14.9. The fraction of sp³-hybridized carbons (Fsp3) is 0.333. The van der Waals surface area contributed by atoms with Gasteiger partial charge in [-0.25, -0.2) is 9.18 Å². The van der Waals surface area contributed by atoms with Crippen LogP contribution in [0.25, 0.3) is 17.1 Å². The number of allylic oxidation sites excluding steroid dienone is 1. The van der Waals surface area contributed by atoms with Crippen molar-refractivity contribution in [3.05, 3.63) is 34.1 Å². The Morgan fingerprint density at radius 3 is 2.67 bits per heavy atom. The lowest BCUT2D eigenvalue weighted by Crippen LogP contribution is -2.45. The van der Waals surface area contributed by atoms with Crippen molar-refractivity contribution in [1.82, 2.24) is 9.47 Å². The van der Waals surface area contributed by atoms with Gasteiger partial charge in [0.25, 0.3) is 0 Å². The van der Waals surface area contributed by atoms with Gasteiger partial charge in [-0.3, -0.25) is 4.79 Å². The van der Waals surface area contributed by atoms with Crippen LogP contribution >= 0.6 is 0 Å². The lowest BCUT2D eigenvalue weighted by atomic mass is 10.1. The highest BCUT2D eigenvalue weighted by atomic mass is 19.1. The molecule has 9 heteroatoms. The molecule has 0 aliphatic carbocycles. The normalized spacial score (nSPS) is 16.9. The number of ether oxygens (including phenoxy) is 2. The third kappa shape index (κ3) is 2.89. The van der Waals surface area contributed by atoms with Crippen LogP contribution in [0, 0.1) is 5.82 Å². The van der Waals surface area contributed by atoms with E-state index >= 15 is 4.39 Å². The largest absolute Gasteiger partial charge is 0.511 e. The van der Waals surface area contributed by atoms with Crippen LogP contribution in [0.1, 0.15) is 6.92 Å². The third-order valence-electron chi connectivity index (χ3n) is 4.77. The van der Waals surface area contributed by atoms with Crippen molar-refractivity contribution in [2.75, 3.05) is 38.1 Å². The summed E-state index contributed by atoms with van der Waals surface area (Å²) in [7, 11) is 2.00. The molecule has 1 fully saturated rings. The molecule has 0 bridgehead atoms. The van der Waals surface area contributed by atoms with Crippen molar-refractivity contribution in [3.63, 3.8) is 0 Å². The van der Waals surface area contributed by atoms with Crippen molar-refractivity contribution >= 4 is 28.9 Å². The van der Waals surface area contributed by atoms with Gasteiger partial charge < -0.3 is 28.9 Å². The fourth-order valence-corrected chi connectivity index (χ4v) is 3.49. The molecule has 2 aliphatic heterocycles. The average Bonchev–Trinajstić information content (AvgIpc) is 2.59. The van der Waals surface area contributed by atoms with Gasteiger partial charge in [-0.05, 0) is 20.0 Å². The van der Waals surface area contributed by atoms with Gasteiger partial charge in [0, 0.05) is 32.4 Å². The van der Waals surface area contributed by atoms with Crippen LogP contribution < -0.4 is 19.8 Å². The average molecular weight is 375 g/mol.